The summed E-state index contributed by atoms with van der Waals surface area (Å²) in [5.74, 6) is 1.40. The first kappa shape index (κ1) is 16.4. The summed E-state index contributed by atoms with van der Waals surface area (Å²) in [6.45, 7) is 1.96. The summed E-state index contributed by atoms with van der Waals surface area (Å²) in [6, 6.07) is 9.66. The first-order valence-corrected chi connectivity index (χ1v) is 8.05. The van der Waals surface area contributed by atoms with Crippen LogP contribution < -0.4 is 14.8 Å². The predicted molar refractivity (Wildman–Crippen MR) is 88.7 cm³/mol. The maximum absolute atomic E-state index is 12.0. The topological polar surface area (TPSA) is 47.6 Å². The van der Waals surface area contributed by atoms with Gasteiger partial charge in [-0.3, -0.25) is 4.79 Å². The van der Waals surface area contributed by atoms with Crippen LogP contribution in [0.15, 0.2) is 35.7 Å². The second-order valence-corrected chi connectivity index (χ2v) is 6.02. The molecule has 0 saturated carbocycles. The Labute approximate surface area is 135 Å². The molecule has 2 rings (SSSR count). The highest BCUT2D eigenvalue weighted by Crippen LogP contribution is 2.29. The Morgan fingerprint density at radius 2 is 2.00 bits per heavy atom. The van der Waals surface area contributed by atoms with Crippen molar-refractivity contribution in [3.8, 4) is 11.5 Å². The van der Waals surface area contributed by atoms with Crippen LogP contribution in [-0.2, 0) is 11.2 Å². The van der Waals surface area contributed by atoms with Crippen molar-refractivity contribution in [3.63, 3.8) is 0 Å². The van der Waals surface area contributed by atoms with Crippen molar-refractivity contribution in [1.82, 2.24) is 5.32 Å². The lowest BCUT2D eigenvalue weighted by atomic mass is 10.1. The first-order chi connectivity index (χ1) is 10.6. The third-order valence-electron chi connectivity index (χ3n) is 3.46. The van der Waals surface area contributed by atoms with E-state index < -0.39 is 0 Å². The molecule has 0 saturated heterocycles. The van der Waals surface area contributed by atoms with Crippen molar-refractivity contribution in [2.75, 3.05) is 14.2 Å². The largest absolute Gasteiger partial charge is 0.493 e. The fourth-order valence-corrected chi connectivity index (χ4v) is 2.92. The van der Waals surface area contributed by atoms with E-state index in [2.05, 4.69) is 11.4 Å². The zero-order valence-electron chi connectivity index (χ0n) is 13.1. The molecule has 22 heavy (non-hydrogen) atoms. The van der Waals surface area contributed by atoms with Crippen LogP contribution >= 0.6 is 11.3 Å². The Kier molecular flexibility index (Phi) is 5.83. The molecule has 1 aromatic carbocycles. The smallest absolute Gasteiger partial charge is 0.220 e. The van der Waals surface area contributed by atoms with Crippen molar-refractivity contribution < 1.29 is 14.3 Å². The summed E-state index contributed by atoms with van der Waals surface area (Å²) in [5.41, 5.74) is 0.988. The summed E-state index contributed by atoms with van der Waals surface area (Å²) in [5, 5.41) is 5.04. The van der Waals surface area contributed by atoms with Gasteiger partial charge < -0.3 is 14.8 Å². The van der Waals surface area contributed by atoms with E-state index in [0.717, 1.165) is 12.0 Å². The minimum Gasteiger partial charge on any atom is -0.493 e. The Morgan fingerprint density at radius 3 is 2.64 bits per heavy atom. The maximum Gasteiger partial charge on any atom is 0.220 e. The van der Waals surface area contributed by atoms with Crippen molar-refractivity contribution in [3.05, 3.63) is 46.2 Å². The number of rotatable bonds is 7. The molecule has 0 bridgehead atoms. The minimum absolute atomic E-state index is 0.0516. The molecule has 1 heterocycles. The van der Waals surface area contributed by atoms with Gasteiger partial charge in [0, 0.05) is 11.3 Å². The Balaban J connectivity index is 1.93. The number of methoxy groups -OCH3 is 2. The Morgan fingerprint density at radius 1 is 1.23 bits per heavy atom. The van der Waals surface area contributed by atoms with Gasteiger partial charge in [-0.1, -0.05) is 12.1 Å². The number of ether oxygens (including phenoxy) is 2. The average molecular weight is 319 g/mol. The van der Waals surface area contributed by atoms with Gasteiger partial charge in [-0.2, -0.15) is 0 Å². The summed E-state index contributed by atoms with van der Waals surface area (Å²) < 4.78 is 10.5. The molecule has 4 nitrogen and oxygen atoms in total. The van der Waals surface area contributed by atoms with Gasteiger partial charge in [0.2, 0.25) is 5.91 Å². The van der Waals surface area contributed by atoms with E-state index in [0.29, 0.717) is 17.9 Å². The van der Waals surface area contributed by atoms with Gasteiger partial charge in [-0.25, -0.2) is 0 Å². The molecule has 0 aliphatic carbocycles. The van der Waals surface area contributed by atoms with E-state index in [-0.39, 0.29) is 11.9 Å². The number of benzene rings is 1. The normalized spacial score (nSPS) is 11.8. The van der Waals surface area contributed by atoms with E-state index >= 15 is 0 Å². The number of hydrogen-bond acceptors (Lipinski definition) is 4. The fraction of sp³-hybridized carbons (Fsp3) is 0.353. The van der Waals surface area contributed by atoms with E-state index in [4.69, 9.17) is 9.47 Å². The van der Waals surface area contributed by atoms with Crippen LogP contribution in [0.5, 0.6) is 11.5 Å². The first-order valence-electron chi connectivity index (χ1n) is 7.17. The molecule has 118 valence electrons. The lowest BCUT2D eigenvalue weighted by Gasteiger charge is -2.16. The number of amides is 1. The molecule has 1 amide bonds. The molecule has 0 unspecified atom stereocenters. The molecule has 2 aromatic rings. The van der Waals surface area contributed by atoms with Gasteiger partial charge in [0.15, 0.2) is 11.5 Å². The molecule has 0 aliphatic rings. The average Bonchev–Trinajstić information content (AvgIpc) is 3.05. The molecular formula is C17H21NO3S. The van der Waals surface area contributed by atoms with E-state index in [1.807, 2.05) is 36.6 Å². The number of thiophene rings is 1. The maximum atomic E-state index is 12.0. The van der Waals surface area contributed by atoms with Crippen LogP contribution in [-0.4, -0.2) is 20.1 Å². The summed E-state index contributed by atoms with van der Waals surface area (Å²) in [4.78, 5) is 13.3. The SMILES string of the molecule is COc1ccc([C@@H](C)NC(=O)CCc2cccs2)cc1OC. The van der Waals surface area contributed by atoms with Gasteiger partial charge in [0.1, 0.15) is 0 Å². The highest BCUT2D eigenvalue weighted by molar-refractivity contribution is 7.09. The molecular weight excluding hydrogens is 298 g/mol. The molecule has 5 heteroatoms. The van der Waals surface area contributed by atoms with Gasteiger partial charge in [0.05, 0.1) is 20.3 Å². The number of aryl methyl sites for hydroxylation is 1. The highest BCUT2D eigenvalue weighted by Gasteiger charge is 2.12. The van der Waals surface area contributed by atoms with Crippen LogP contribution in [0.2, 0.25) is 0 Å². The molecule has 1 atom stereocenters. The zero-order chi connectivity index (χ0) is 15.9. The van der Waals surface area contributed by atoms with Crippen molar-refractivity contribution >= 4 is 17.2 Å². The fourth-order valence-electron chi connectivity index (χ4n) is 2.21. The molecule has 1 aromatic heterocycles. The Bertz CT molecular complexity index is 610. The summed E-state index contributed by atoms with van der Waals surface area (Å²) in [6.07, 6.45) is 1.28. The number of carbonyl (C=O) groups is 1. The Hall–Kier alpha value is -2.01. The molecule has 0 fully saturated rings. The van der Waals surface area contributed by atoms with Gasteiger partial charge in [0.25, 0.3) is 0 Å². The molecule has 0 spiro atoms. The third-order valence-corrected chi connectivity index (χ3v) is 4.40. The predicted octanol–water partition coefficient (Wildman–Crippen LogP) is 3.58. The quantitative estimate of drug-likeness (QED) is 0.848. The van der Waals surface area contributed by atoms with Crippen LogP contribution in [0.1, 0.15) is 29.8 Å². The van der Waals surface area contributed by atoms with E-state index in [1.54, 1.807) is 25.6 Å². The monoisotopic (exact) mass is 319 g/mol. The highest BCUT2D eigenvalue weighted by atomic mass is 32.1. The van der Waals surface area contributed by atoms with E-state index in [9.17, 15) is 4.79 Å². The lowest BCUT2D eigenvalue weighted by Crippen LogP contribution is -2.26. The van der Waals surface area contributed by atoms with Crippen molar-refractivity contribution in [1.29, 1.82) is 0 Å². The van der Waals surface area contributed by atoms with E-state index in [1.165, 1.54) is 4.88 Å². The lowest BCUT2D eigenvalue weighted by molar-refractivity contribution is -0.121. The number of carbonyl (C=O) groups excluding carboxylic acids is 1. The third kappa shape index (κ3) is 4.24. The van der Waals surface area contributed by atoms with Gasteiger partial charge >= 0.3 is 0 Å². The second kappa shape index (κ2) is 7.84. The van der Waals surface area contributed by atoms with Gasteiger partial charge in [-0.15, -0.1) is 11.3 Å². The van der Waals surface area contributed by atoms with Crippen LogP contribution in [0.3, 0.4) is 0 Å². The zero-order valence-corrected chi connectivity index (χ0v) is 13.9. The number of nitrogens with one attached hydrogen (secondary N) is 1. The van der Waals surface area contributed by atoms with Crippen LogP contribution in [0.25, 0.3) is 0 Å². The van der Waals surface area contributed by atoms with Crippen molar-refractivity contribution in [2.24, 2.45) is 0 Å². The van der Waals surface area contributed by atoms with Crippen molar-refractivity contribution in [2.45, 2.75) is 25.8 Å². The summed E-state index contributed by atoms with van der Waals surface area (Å²) in [7, 11) is 3.21. The molecule has 1 N–H and O–H groups in total. The van der Waals surface area contributed by atoms with Gasteiger partial charge in [-0.05, 0) is 42.5 Å². The minimum atomic E-state index is -0.0735. The second-order valence-electron chi connectivity index (χ2n) is 4.98. The summed E-state index contributed by atoms with van der Waals surface area (Å²) >= 11 is 1.68. The van der Waals surface area contributed by atoms with Crippen LogP contribution in [0, 0.1) is 0 Å². The number of hydrogen-bond donors (Lipinski definition) is 1. The van der Waals surface area contributed by atoms with Crippen LogP contribution in [0.4, 0.5) is 0 Å². The molecule has 0 radical (unpaired) electrons. The molecule has 0 aliphatic heterocycles. The standard InChI is InChI=1S/C17H21NO3S/c1-12(13-6-8-15(20-2)16(11-13)21-3)18-17(19)9-7-14-5-4-10-22-14/h4-6,8,10-12H,7,9H2,1-3H3,(H,18,19)/t12-/m1/s1.